The molecule has 0 aliphatic heterocycles. The third kappa shape index (κ3) is 5.47. The fourth-order valence-corrected chi connectivity index (χ4v) is 2.79. The number of hydrogen-bond acceptors (Lipinski definition) is 1. The second-order valence-electron chi connectivity index (χ2n) is 8.77. The van der Waals surface area contributed by atoms with Gasteiger partial charge in [-0.05, 0) is 6.42 Å². The van der Waals surface area contributed by atoms with Gasteiger partial charge in [-0.25, -0.2) is 4.79 Å². The molecule has 0 aromatic heterocycles. The Hall–Kier alpha value is -2.68. The number of carboxylic acid groups (broad SMARTS) is 1. The lowest BCUT2D eigenvalue weighted by Gasteiger charge is -2.46. The van der Waals surface area contributed by atoms with Crippen molar-refractivity contribution in [1.82, 2.24) is 0 Å². The summed E-state index contributed by atoms with van der Waals surface area (Å²) in [5.41, 5.74) is -2.20. The van der Waals surface area contributed by atoms with Crippen molar-refractivity contribution in [1.29, 1.82) is 0 Å². The van der Waals surface area contributed by atoms with Gasteiger partial charge < -0.3 is 5.11 Å². The van der Waals surface area contributed by atoms with Crippen LogP contribution in [0.3, 0.4) is 0 Å². The SMILES string of the molecule is CCC(=CC(F)(F)C(F)(F)C(F)(F)C(F)(F)C(F)(F)C(F)(F)C(F)(F)C(F)(F)C(F)(F)C(F)(F)C(F)(F)C(F)(F)C(F)(F)F)C(=O)O. The zero-order valence-electron chi connectivity index (χ0n) is 20.8. The average Bonchev–Trinajstić information content (AvgIpc) is 2.84. The van der Waals surface area contributed by atoms with Crippen LogP contribution in [0.2, 0.25) is 0 Å². The Morgan fingerprint density at radius 1 is 0.404 bits per heavy atom. The van der Waals surface area contributed by atoms with E-state index in [1.165, 1.54) is 0 Å². The molecule has 0 atom stereocenters. The Balaban J connectivity index is 7.55. The summed E-state index contributed by atoms with van der Waals surface area (Å²) >= 11 is 0. The summed E-state index contributed by atoms with van der Waals surface area (Å²) in [6.45, 7) is 0.400. The highest BCUT2D eigenvalue weighted by Gasteiger charge is 3.00. The van der Waals surface area contributed by atoms with E-state index in [4.69, 9.17) is 5.11 Å². The smallest absolute Gasteiger partial charge is 0.460 e. The number of allylic oxidation sites excluding steroid dienone is 1. The van der Waals surface area contributed by atoms with Gasteiger partial charge in [-0.15, -0.1) is 0 Å². The summed E-state index contributed by atoms with van der Waals surface area (Å²) in [6.07, 6.45) is -11.7. The lowest BCUT2D eigenvalue weighted by Crippen LogP contribution is -2.78. The Labute approximate surface area is 238 Å². The molecular formula is C18H7F27O2. The van der Waals surface area contributed by atoms with E-state index in [1.54, 1.807) is 0 Å². The highest BCUT2D eigenvalue weighted by atomic mass is 19.4. The number of alkyl halides is 27. The van der Waals surface area contributed by atoms with Crippen LogP contribution in [0.5, 0.6) is 0 Å². The Kier molecular flexibility index (Phi) is 10.5. The molecule has 0 aromatic rings. The maximum atomic E-state index is 13.8. The van der Waals surface area contributed by atoms with Crippen molar-refractivity contribution in [2.24, 2.45) is 0 Å². The van der Waals surface area contributed by atoms with E-state index in [0.29, 0.717) is 6.92 Å². The largest absolute Gasteiger partial charge is 0.478 e. The van der Waals surface area contributed by atoms with Crippen LogP contribution in [0, 0.1) is 0 Å². The molecule has 0 bridgehead atoms. The molecule has 0 radical (unpaired) electrons. The molecule has 1 N–H and O–H groups in total. The molecule has 47 heavy (non-hydrogen) atoms. The Bertz CT molecular complexity index is 1200. The number of aliphatic carboxylic acids is 1. The Morgan fingerprint density at radius 3 is 0.766 bits per heavy atom. The number of rotatable bonds is 14. The standard InChI is InChI=1S/C18H7F27O2/c1-2-4(5(46)47)3-6(19,20)7(21,22)8(23,24)9(25,26)10(27,28)11(29,30)12(31,32)13(33,34)14(35,36)15(37,38)16(39,40)17(41,42)18(43,44)45/h3H,2H2,1H3,(H,46,47). The normalized spacial score (nSPS) is 16.9. The van der Waals surface area contributed by atoms with Crippen LogP contribution in [0.1, 0.15) is 13.3 Å². The van der Waals surface area contributed by atoms with E-state index in [9.17, 15) is 123 Å². The van der Waals surface area contributed by atoms with Gasteiger partial charge in [0.15, 0.2) is 0 Å². The maximum absolute atomic E-state index is 13.8. The van der Waals surface area contributed by atoms with Crippen molar-refractivity contribution in [2.75, 3.05) is 0 Å². The molecule has 0 saturated heterocycles. The summed E-state index contributed by atoms with van der Waals surface area (Å²) in [7, 11) is 0. The molecule has 280 valence electrons. The summed E-state index contributed by atoms with van der Waals surface area (Å²) in [5.74, 6) is -113. The van der Waals surface area contributed by atoms with E-state index in [-0.39, 0.29) is 0 Å². The lowest BCUT2D eigenvalue weighted by molar-refractivity contribution is -0.484. The first kappa shape index (κ1) is 44.3. The van der Waals surface area contributed by atoms with E-state index in [0.717, 1.165) is 0 Å². The van der Waals surface area contributed by atoms with E-state index in [1.807, 2.05) is 0 Å². The van der Waals surface area contributed by atoms with Gasteiger partial charge in [0.05, 0.1) is 0 Å². The second-order valence-corrected chi connectivity index (χ2v) is 8.77. The fourth-order valence-electron chi connectivity index (χ4n) is 2.79. The van der Waals surface area contributed by atoms with Gasteiger partial charge in [-0.1, -0.05) is 6.92 Å². The Morgan fingerprint density at radius 2 is 0.596 bits per heavy atom. The molecule has 0 saturated carbocycles. The zero-order valence-corrected chi connectivity index (χ0v) is 20.8. The highest BCUT2D eigenvalue weighted by Crippen LogP contribution is 2.68. The van der Waals surface area contributed by atoms with E-state index >= 15 is 0 Å². The minimum Gasteiger partial charge on any atom is -0.478 e. The van der Waals surface area contributed by atoms with Gasteiger partial charge in [0, 0.05) is 11.6 Å². The van der Waals surface area contributed by atoms with Crippen molar-refractivity contribution in [2.45, 2.75) is 90.6 Å². The number of carbonyl (C=O) groups is 1. The van der Waals surface area contributed by atoms with Crippen LogP contribution in [-0.2, 0) is 4.79 Å². The average molecular weight is 768 g/mol. The summed E-state index contributed by atoms with van der Waals surface area (Å²) in [5, 5.41) is 8.41. The van der Waals surface area contributed by atoms with Gasteiger partial charge in [-0.2, -0.15) is 119 Å². The van der Waals surface area contributed by atoms with Crippen molar-refractivity contribution in [3.05, 3.63) is 11.6 Å². The van der Waals surface area contributed by atoms with Gasteiger partial charge in [-0.3, -0.25) is 0 Å². The van der Waals surface area contributed by atoms with Crippen LogP contribution in [0.4, 0.5) is 119 Å². The second kappa shape index (κ2) is 11.2. The first-order chi connectivity index (χ1) is 19.9. The fraction of sp³-hybridized carbons (Fsp3) is 0.833. The van der Waals surface area contributed by atoms with Gasteiger partial charge in [0.25, 0.3) is 0 Å². The monoisotopic (exact) mass is 768 g/mol. The third-order valence-electron chi connectivity index (χ3n) is 5.73. The molecule has 0 unspecified atom stereocenters. The van der Waals surface area contributed by atoms with E-state index in [2.05, 4.69) is 0 Å². The van der Waals surface area contributed by atoms with Crippen molar-refractivity contribution < 1.29 is 128 Å². The zero-order chi connectivity index (χ0) is 39.1. The van der Waals surface area contributed by atoms with Gasteiger partial charge in [0.2, 0.25) is 0 Å². The number of hydrogen-bond donors (Lipinski definition) is 1. The molecule has 2 nitrogen and oxygen atoms in total. The molecule has 0 aliphatic rings. The van der Waals surface area contributed by atoms with Crippen LogP contribution in [0.25, 0.3) is 0 Å². The van der Waals surface area contributed by atoms with Crippen molar-refractivity contribution >= 4 is 5.97 Å². The molecule has 0 spiro atoms. The van der Waals surface area contributed by atoms with Gasteiger partial charge >= 0.3 is 83.2 Å². The molecule has 0 amide bonds. The highest BCUT2D eigenvalue weighted by molar-refractivity contribution is 5.86. The lowest BCUT2D eigenvalue weighted by atomic mass is 9.84. The van der Waals surface area contributed by atoms with Crippen LogP contribution >= 0.6 is 0 Å². The first-order valence-corrected chi connectivity index (χ1v) is 10.4. The first-order valence-electron chi connectivity index (χ1n) is 10.4. The van der Waals surface area contributed by atoms with Crippen molar-refractivity contribution in [3.63, 3.8) is 0 Å². The van der Waals surface area contributed by atoms with Crippen LogP contribution in [0.15, 0.2) is 11.6 Å². The third-order valence-corrected chi connectivity index (χ3v) is 5.73. The molecule has 0 fully saturated rings. The minimum atomic E-state index is -9.84. The van der Waals surface area contributed by atoms with E-state index < -0.39 is 101 Å². The number of halogens is 27. The topological polar surface area (TPSA) is 37.3 Å². The molecule has 0 rings (SSSR count). The summed E-state index contributed by atoms with van der Waals surface area (Å²) in [6, 6.07) is 0. The molecule has 0 heterocycles. The molecule has 0 aliphatic carbocycles. The van der Waals surface area contributed by atoms with Crippen LogP contribution < -0.4 is 0 Å². The predicted octanol–water partition coefficient (Wildman–Crippen LogP) is 9.59. The molecule has 0 aromatic carbocycles. The van der Waals surface area contributed by atoms with Crippen LogP contribution in [-0.4, -0.2) is 88.3 Å². The number of carboxylic acids is 1. The minimum absolute atomic E-state index is 0.400. The van der Waals surface area contributed by atoms with Crippen molar-refractivity contribution in [3.8, 4) is 0 Å². The van der Waals surface area contributed by atoms with Gasteiger partial charge in [0.1, 0.15) is 0 Å². The summed E-state index contributed by atoms with van der Waals surface area (Å²) < 4.78 is 362. The predicted molar refractivity (Wildman–Crippen MR) is 91.4 cm³/mol. The molecular weight excluding hydrogens is 761 g/mol. The summed E-state index contributed by atoms with van der Waals surface area (Å²) in [4.78, 5) is 10.6. The molecule has 29 heteroatoms. The quantitative estimate of drug-likeness (QED) is 0.141. The maximum Gasteiger partial charge on any atom is 0.460 e.